The smallest absolute Gasteiger partial charge is 0.319 e. The number of amides is 2. The van der Waals surface area contributed by atoms with Crippen LogP contribution >= 0.6 is 0 Å². The minimum Gasteiger partial charge on any atom is -0.457 e. The highest BCUT2D eigenvalue weighted by Crippen LogP contribution is 2.20. The van der Waals surface area contributed by atoms with E-state index in [0.717, 1.165) is 33.9 Å². The lowest BCUT2D eigenvalue weighted by Gasteiger charge is -2.10. The van der Waals surface area contributed by atoms with Crippen LogP contribution in [-0.2, 0) is 6.54 Å². The molecule has 1 heterocycles. The van der Waals surface area contributed by atoms with Crippen molar-refractivity contribution in [3.8, 4) is 11.5 Å². The van der Waals surface area contributed by atoms with Gasteiger partial charge in [0, 0.05) is 24.6 Å². The van der Waals surface area contributed by atoms with E-state index in [9.17, 15) is 4.79 Å². The quantitative estimate of drug-likeness (QED) is 0.696. The molecule has 26 heavy (non-hydrogen) atoms. The summed E-state index contributed by atoms with van der Waals surface area (Å²) in [4.78, 5) is 16.0. The SMILES string of the molecule is Cc1cc(C)cc(NC(=O)NCc2ccc(Oc3ccncc3)cc2)c1. The van der Waals surface area contributed by atoms with Crippen LogP contribution in [0.15, 0.2) is 67.0 Å². The van der Waals surface area contributed by atoms with Gasteiger partial charge in [0.25, 0.3) is 0 Å². The zero-order chi connectivity index (χ0) is 18.4. The minimum absolute atomic E-state index is 0.230. The normalized spacial score (nSPS) is 10.2. The number of aromatic nitrogens is 1. The lowest BCUT2D eigenvalue weighted by molar-refractivity contribution is 0.251. The second-order valence-electron chi connectivity index (χ2n) is 6.11. The van der Waals surface area contributed by atoms with E-state index in [1.165, 1.54) is 0 Å². The number of benzene rings is 2. The Kier molecular flexibility index (Phi) is 5.49. The molecule has 2 aromatic carbocycles. The molecular weight excluding hydrogens is 326 g/mol. The number of rotatable bonds is 5. The number of anilines is 1. The van der Waals surface area contributed by atoms with Crippen molar-refractivity contribution in [2.24, 2.45) is 0 Å². The zero-order valence-corrected chi connectivity index (χ0v) is 14.8. The Balaban J connectivity index is 1.52. The molecule has 0 saturated carbocycles. The summed E-state index contributed by atoms with van der Waals surface area (Å²) in [6.07, 6.45) is 3.36. The molecule has 0 bridgehead atoms. The molecular formula is C21H21N3O2. The van der Waals surface area contributed by atoms with Gasteiger partial charge in [0.05, 0.1) is 0 Å². The molecule has 3 aromatic rings. The van der Waals surface area contributed by atoms with Gasteiger partial charge in [-0.15, -0.1) is 0 Å². The molecule has 0 aliphatic heterocycles. The number of aryl methyl sites for hydroxylation is 2. The van der Waals surface area contributed by atoms with Crippen LogP contribution in [0.2, 0.25) is 0 Å². The van der Waals surface area contributed by atoms with Crippen LogP contribution in [0.3, 0.4) is 0 Å². The molecule has 2 N–H and O–H groups in total. The Morgan fingerprint density at radius 3 is 2.19 bits per heavy atom. The molecule has 0 unspecified atom stereocenters. The molecule has 0 radical (unpaired) electrons. The molecule has 0 aliphatic rings. The minimum atomic E-state index is -0.230. The third-order valence-corrected chi connectivity index (χ3v) is 3.74. The summed E-state index contributed by atoms with van der Waals surface area (Å²) in [5, 5.41) is 5.71. The van der Waals surface area contributed by atoms with Gasteiger partial charge >= 0.3 is 6.03 Å². The highest BCUT2D eigenvalue weighted by molar-refractivity contribution is 5.89. The molecule has 0 aliphatic carbocycles. The summed E-state index contributed by atoms with van der Waals surface area (Å²) in [5.74, 6) is 1.47. The van der Waals surface area contributed by atoms with Gasteiger partial charge in [-0.2, -0.15) is 0 Å². The number of urea groups is 1. The molecule has 3 rings (SSSR count). The van der Waals surface area contributed by atoms with Crippen LogP contribution in [0.1, 0.15) is 16.7 Å². The van der Waals surface area contributed by atoms with E-state index in [-0.39, 0.29) is 6.03 Å². The number of hydrogen-bond acceptors (Lipinski definition) is 3. The largest absolute Gasteiger partial charge is 0.457 e. The topological polar surface area (TPSA) is 63.2 Å². The fraction of sp³-hybridized carbons (Fsp3) is 0.143. The Morgan fingerprint density at radius 2 is 1.54 bits per heavy atom. The lowest BCUT2D eigenvalue weighted by Crippen LogP contribution is -2.28. The maximum atomic E-state index is 12.1. The first-order valence-electron chi connectivity index (χ1n) is 8.38. The van der Waals surface area contributed by atoms with Gasteiger partial charge in [0.15, 0.2) is 0 Å². The molecule has 132 valence electrons. The van der Waals surface area contributed by atoms with E-state index < -0.39 is 0 Å². The van der Waals surface area contributed by atoms with Crippen LogP contribution in [0.5, 0.6) is 11.5 Å². The van der Waals surface area contributed by atoms with Crippen LogP contribution in [0.4, 0.5) is 10.5 Å². The van der Waals surface area contributed by atoms with Crippen molar-refractivity contribution >= 4 is 11.7 Å². The number of hydrogen-bond donors (Lipinski definition) is 2. The highest BCUT2D eigenvalue weighted by Gasteiger charge is 2.04. The summed E-state index contributed by atoms with van der Waals surface area (Å²) in [7, 11) is 0. The molecule has 0 spiro atoms. The van der Waals surface area contributed by atoms with Crippen molar-refractivity contribution in [2.45, 2.75) is 20.4 Å². The zero-order valence-electron chi connectivity index (χ0n) is 14.8. The Morgan fingerprint density at radius 1 is 0.923 bits per heavy atom. The van der Waals surface area contributed by atoms with Crippen molar-refractivity contribution < 1.29 is 9.53 Å². The van der Waals surface area contributed by atoms with Gasteiger partial charge in [0.2, 0.25) is 0 Å². The number of pyridine rings is 1. The van der Waals surface area contributed by atoms with Crippen molar-refractivity contribution in [3.63, 3.8) is 0 Å². The van der Waals surface area contributed by atoms with E-state index >= 15 is 0 Å². The molecule has 2 amide bonds. The van der Waals surface area contributed by atoms with Gasteiger partial charge in [-0.3, -0.25) is 4.98 Å². The van der Waals surface area contributed by atoms with Crippen LogP contribution < -0.4 is 15.4 Å². The molecule has 1 aromatic heterocycles. The summed E-state index contributed by atoms with van der Waals surface area (Å²) in [6.45, 7) is 4.45. The van der Waals surface area contributed by atoms with Gasteiger partial charge in [-0.25, -0.2) is 4.79 Å². The number of ether oxygens (including phenoxy) is 1. The summed E-state index contributed by atoms with van der Waals surface area (Å²) >= 11 is 0. The van der Waals surface area contributed by atoms with E-state index in [1.54, 1.807) is 24.5 Å². The van der Waals surface area contributed by atoms with Crippen molar-refractivity contribution in [3.05, 3.63) is 83.7 Å². The number of nitrogens with one attached hydrogen (secondary N) is 2. The van der Waals surface area contributed by atoms with E-state index in [2.05, 4.69) is 21.7 Å². The van der Waals surface area contributed by atoms with E-state index in [1.807, 2.05) is 50.2 Å². The summed E-state index contributed by atoms with van der Waals surface area (Å²) < 4.78 is 5.72. The second kappa shape index (κ2) is 8.16. The molecule has 5 nitrogen and oxygen atoms in total. The number of carbonyl (C=O) groups excluding carboxylic acids is 1. The maximum Gasteiger partial charge on any atom is 0.319 e. The fourth-order valence-electron chi connectivity index (χ4n) is 2.62. The van der Waals surface area contributed by atoms with E-state index in [4.69, 9.17) is 4.74 Å². The third kappa shape index (κ3) is 5.08. The van der Waals surface area contributed by atoms with Crippen molar-refractivity contribution in [2.75, 3.05) is 5.32 Å². The molecule has 0 fully saturated rings. The van der Waals surface area contributed by atoms with Crippen LogP contribution in [-0.4, -0.2) is 11.0 Å². The summed E-state index contributed by atoms with van der Waals surface area (Å²) in [6, 6.07) is 16.9. The van der Waals surface area contributed by atoms with Crippen LogP contribution in [0.25, 0.3) is 0 Å². The lowest BCUT2D eigenvalue weighted by atomic mass is 10.1. The number of carbonyl (C=O) groups is 1. The molecule has 5 heteroatoms. The first kappa shape index (κ1) is 17.5. The average molecular weight is 347 g/mol. The van der Waals surface area contributed by atoms with Crippen molar-refractivity contribution in [1.82, 2.24) is 10.3 Å². The maximum absolute atomic E-state index is 12.1. The number of nitrogens with zero attached hydrogens (tertiary/aromatic N) is 1. The third-order valence-electron chi connectivity index (χ3n) is 3.74. The predicted molar refractivity (Wildman–Crippen MR) is 103 cm³/mol. The average Bonchev–Trinajstić information content (AvgIpc) is 2.61. The first-order valence-corrected chi connectivity index (χ1v) is 8.38. The Labute approximate surface area is 153 Å². The molecule has 0 saturated heterocycles. The van der Waals surface area contributed by atoms with E-state index in [0.29, 0.717) is 6.54 Å². The van der Waals surface area contributed by atoms with Gasteiger partial charge in [0.1, 0.15) is 11.5 Å². The monoisotopic (exact) mass is 347 g/mol. The fourth-order valence-corrected chi connectivity index (χ4v) is 2.62. The van der Waals surface area contributed by atoms with Crippen molar-refractivity contribution in [1.29, 1.82) is 0 Å². The highest BCUT2D eigenvalue weighted by atomic mass is 16.5. The Hall–Kier alpha value is -3.34. The van der Waals surface area contributed by atoms with Gasteiger partial charge < -0.3 is 15.4 Å². The Bertz CT molecular complexity index is 857. The first-order chi connectivity index (χ1) is 12.6. The van der Waals surface area contributed by atoms with Gasteiger partial charge in [-0.1, -0.05) is 18.2 Å². The summed E-state index contributed by atoms with van der Waals surface area (Å²) in [5.41, 5.74) is 4.01. The second-order valence-corrected chi connectivity index (χ2v) is 6.11. The predicted octanol–water partition coefficient (Wildman–Crippen LogP) is 4.81. The van der Waals surface area contributed by atoms with Crippen LogP contribution in [0, 0.1) is 13.8 Å². The standard InChI is InChI=1S/C21H21N3O2/c1-15-11-16(2)13-18(12-15)24-21(25)23-14-17-3-5-19(6-4-17)26-20-7-9-22-10-8-20/h3-13H,14H2,1-2H3,(H2,23,24,25). The molecule has 0 atom stereocenters. The van der Waals surface area contributed by atoms with Gasteiger partial charge in [-0.05, 0) is 66.9 Å².